The lowest BCUT2D eigenvalue weighted by atomic mass is 9.72. The molecule has 1 aliphatic carbocycles. The summed E-state index contributed by atoms with van der Waals surface area (Å²) >= 11 is 0. The van der Waals surface area contributed by atoms with Crippen molar-refractivity contribution >= 4 is 16.9 Å². The van der Waals surface area contributed by atoms with E-state index < -0.39 is 0 Å². The molecule has 0 saturated carbocycles. The quantitative estimate of drug-likeness (QED) is 0.652. The number of fused-ring (bicyclic) bond motifs is 2. The number of aromatic nitrogens is 1. The second-order valence-corrected chi connectivity index (χ2v) is 7.56. The zero-order valence-electron chi connectivity index (χ0n) is 15.0. The van der Waals surface area contributed by atoms with Crippen molar-refractivity contribution in [2.45, 2.75) is 38.5 Å². The third-order valence-corrected chi connectivity index (χ3v) is 5.50. The molecule has 1 N–H and O–H groups in total. The van der Waals surface area contributed by atoms with E-state index in [-0.39, 0.29) is 11.4 Å². The van der Waals surface area contributed by atoms with Gasteiger partial charge >= 0.3 is 5.97 Å². The first-order valence-electron chi connectivity index (χ1n) is 8.83. The molecule has 128 valence electrons. The lowest BCUT2D eigenvalue weighted by Crippen LogP contribution is -2.23. The van der Waals surface area contributed by atoms with E-state index in [9.17, 15) is 4.79 Å². The summed E-state index contributed by atoms with van der Waals surface area (Å²) in [5, 5.41) is 1.05. The van der Waals surface area contributed by atoms with Gasteiger partial charge in [0, 0.05) is 22.7 Å². The molecule has 4 rings (SSSR count). The highest BCUT2D eigenvalue weighted by molar-refractivity contribution is 6.01. The Kier molecular flexibility index (Phi) is 3.68. The summed E-state index contributed by atoms with van der Waals surface area (Å²) in [4.78, 5) is 15.2. The molecule has 0 fully saturated rings. The highest BCUT2D eigenvalue weighted by atomic mass is 16.5. The molecule has 0 radical (unpaired) electrons. The van der Waals surface area contributed by atoms with E-state index >= 15 is 0 Å². The molecule has 3 nitrogen and oxygen atoms in total. The van der Waals surface area contributed by atoms with Gasteiger partial charge in [-0.05, 0) is 59.6 Å². The number of nitrogens with one attached hydrogen (secondary N) is 1. The summed E-state index contributed by atoms with van der Waals surface area (Å²) in [6.45, 7) is 4.66. The fourth-order valence-corrected chi connectivity index (χ4v) is 4.09. The molecule has 0 spiro atoms. The van der Waals surface area contributed by atoms with Crippen LogP contribution in [0.4, 0.5) is 0 Å². The van der Waals surface area contributed by atoms with Crippen molar-refractivity contribution in [3.63, 3.8) is 0 Å². The van der Waals surface area contributed by atoms with Crippen LogP contribution in [-0.4, -0.2) is 18.1 Å². The Hall–Kier alpha value is -2.55. The number of rotatable bonds is 2. The molecule has 1 aromatic heterocycles. The SMILES string of the molecule is COC(=O)c1ccc2[nH]cc(-c3ccc4c(c3)CCCC4(C)C)c2c1. The van der Waals surface area contributed by atoms with Gasteiger partial charge in [0.25, 0.3) is 0 Å². The Morgan fingerprint density at radius 2 is 2.00 bits per heavy atom. The predicted molar refractivity (Wildman–Crippen MR) is 101 cm³/mol. The molecular formula is C22H23NO2. The van der Waals surface area contributed by atoms with Crippen LogP contribution in [0.3, 0.4) is 0 Å². The number of H-pyrrole nitrogens is 1. The maximum atomic E-state index is 11.9. The number of benzene rings is 2. The summed E-state index contributed by atoms with van der Waals surface area (Å²) in [6, 6.07) is 12.5. The number of carbonyl (C=O) groups is 1. The molecule has 0 atom stereocenters. The third kappa shape index (κ3) is 2.64. The Morgan fingerprint density at radius 1 is 1.16 bits per heavy atom. The van der Waals surface area contributed by atoms with Crippen LogP contribution in [-0.2, 0) is 16.6 Å². The largest absolute Gasteiger partial charge is 0.465 e. The summed E-state index contributed by atoms with van der Waals surface area (Å²) in [5.41, 5.74) is 7.11. The van der Waals surface area contributed by atoms with Crippen LogP contribution < -0.4 is 0 Å². The first kappa shape index (κ1) is 15.9. The highest BCUT2D eigenvalue weighted by Gasteiger charge is 2.27. The van der Waals surface area contributed by atoms with Crippen molar-refractivity contribution in [1.29, 1.82) is 0 Å². The molecule has 0 bridgehead atoms. The van der Waals surface area contributed by atoms with Crippen LogP contribution in [0.5, 0.6) is 0 Å². The van der Waals surface area contributed by atoms with Crippen LogP contribution in [0.25, 0.3) is 22.0 Å². The van der Waals surface area contributed by atoms with Gasteiger partial charge in [-0.3, -0.25) is 0 Å². The van der Waals surface area contributed by atoms with Crippen molar-refractivity contribution in [3.8, 4) is 11.1 Å². The minimum absolute atomic E-state index is 0.254. The Labute approximate surface area is 148 Å². The van der Waals surface area contributed by atoms with Gasteiger partial charge in [-0.25, -0.2) is 4.79 Å². The smallest absolute Gasteiger partial charge is 0.337 e. The van der Waals surface area contributed by atoms with Crippen LogP contribution in [0.15, 0.2) is 42.6 Å². The zero-order valence-corrected chi connectivity index (χ0v) is 15.0. The third-order valence-electron chi connectivity index (χ3n) is 5.50. The van der Waals surface area contributed by atoms with Crippen molar-refractivity contribution in [3.05, 3.63) is 59.3 Å². The number of hydrogen-bond acceptors (Lipinski definition) is 2. The van der Waals surface area contributed by atoms with E-state index in [1.165, 1.54) is 36.6 Å². The summed E-state index contributed by atoms with van der Waals surface area (Å²) in [7, 11) is 1.41. The van der Waals surface area contributed by atoms with E-state index in [1.807, 2.05) is 18.3 Å². The molecule has 0 unspecified atom stereocenters. The number of hydrogen-bond donors (Lipinski definition) is 1. The van der Waals surface area contributed by atoms with E-state index in [2.05, 4.69) is 37.0 Å². The maximum Gasteiger partial charge on any atom is 0.337 e. The first-order chi connectivity index (χ1) is 12.0. The Bertz CT molecular complexity index is 965. The number of methoxy groups -OCH3 is 1. The minimum Gasteiger partial charge on any atom is -0.465 e. The average molecular weight is 333 g/mol. The number of carbonyl (C=O) groups excluding carboxylic acids is 1. The van der Waals surface area contributed by atoms with E-state index in [0.717, 1.165) is 22.9 Å². The molecule has 1 aliphatic rings. The monoisotopic (exact) mass is 333 g/mol. The predicted octanol–water partition coefficient (Wildman–Crippen LogP) is 5.24. The molecule has 2 aromatic carbocycles. The average Bonchev–Trinajstić information content (AvgIpc) is 3.03. The van der Waals surface area contributed by atoms with Crippen LogP contribution in [0.1, 0.15) is 48.2 Å². The molecule has 3 aromatic rings. The normalized spacial score (nSPS) is 15.8. The van der Waals surface area contributed by atoms with Crippen molar-refractivity contribution in [2.24, 2.45) is 0 Å². The number of aromatic amines is 1. The van der Waals surface area contributed by atoms with Crippen molar-refractivity contribution in [1.82, 2.24) is 4.98 Å². The number of ether oxygens (including phenoxy) is 1. The second kappa shape index (κ2) is 5.76. The Balaban J connectivity index is 1.83. The van der Waals surface area contributed by atoms with Crippen molar-refractivity contribution < 1.29 is 9.53 Å². The molecule has 0 amide bonds. The zero-order chi connectivity index (χ0) is 17.6. The van der Waals surface area contributed by atoms with Crippen LogP contribution in [0.2, 0.25) is 0 Å². The summed E-state index contributed by atoms with van der Waals surface area (Å²) in [6.07, 6.45) is 5.66. The lowest BCUT2D eigenvalue weighted by molar-refractivity contribution is 0.0601. The van der Waals surface area contributed by atoms with E-state index in [0.29, 0.717) is 5.56 Å². The molecular weight excluding hydrogens is 310 g/mol. The minimum atomic E-state index is -0.304. The van der Waals surface area contributed by atoms with E-state index in [1.54, 1.807) is 6.07 Å². The van der Waals surface area contributed by atoms with Gasteiger partial charge in [0.15, 0.2) is 0 Å². The van der Waals surface area contributed by atoms with Gasteiger partial charge in [-0.2, -0.15) is 0 Å². The fourth-order valence-electron chi connectivity index (χ4n) is 4.09. The number of esters is 1. The molecule has 0 aliphatic heterocycles. The van der Waals surface area contributed by atoms with Gasteiger partial charge in [-0.15, -0.1) is 0 Å². The van der Waals surface area contributed by atoms with Gasteiger partial charge in [-0.1, -0.05) is 32.0 Å². The van der Waals surface area contributed by atoms with Gasteiger partial charge in [0.05, 0.1) is 12.7 Å². The molecule has 0 saturated heterocycles. The maximum absolute atomic E-state index is 11.9. The summed E-state index contributed by atoms with van der Waals surface area (Å²) in [5.74, 6) is -0.304. The van der Waals surface area contributed by atoms with Crippen molar-refractivity contribution in [2.75, 3.05) is 7.11 Å². The highest BCUT2D eigenvalue weighted by Crippen LogP contribution is 2.39. The fraction of sp³-hybridized carbons (Fsp3) is 0.318. The van der Waals surface area contributed by atoms with Crippen LogP contribution in [0, 0.1) is 0 Å². The van der Waals surface area contributed by atoms with Crippen LogP contribution >= 0.6 is 0 Å². The summed E-state index contributed by atoms with van der Waals surface area (Å²) < 4.78 is 4.86. The van der Waals surface area contributed by atoms with E-state index in [4.69, 9.17) is 4.74 Å². The number of aryl methyl sites for hydroxylation is 1. The Morgan fingerprint density at radius 3 is 2.80 bits per heavy atom. The molecule has 3 heteroatoms. The van der Waals surface area contributed by atoms with Gasteiger partial charge in [0.2, 0.25) is 0 Å². The molecule has 1 heterocycles. The standard InChI is InChI=1S/C22H23NO2/c1-22(2)10-4-5-15-11-14(6-8-19(15)22)18-13-23-20-9-7-16(12-17(18)20)21(24)25-3/h6-9,11-13,23H,4-5,10H2,1-3H3. The topological polar surface area (TPSA) is 42.1 Å². The first-order valence-corrected chi connectivity index (χ1v) is 8.83. The lowest BCUT2D eigenvalue weighted by Gasteiger charge is -2.32. The second-order valence-electron chi connectivity index (χ2n) is 7.56. The molecule has 25 heavy (non-hydrogen) atoms. The van der Waals surface area contributed by atoms with Gasteiger partial charge < -0.3 is 9.72 Å². The van der Waals surface area contributed by atoms with Gasteiger partial charge in [0.1, 0.15) is 0 Å².